The normalized spacial score (nSPS) is 12.5. The van der Waals surface area contributed by atoms with Crippen LogP contribution in [0.3, 0.4) is 0 Å². The molecule has 3 heteroatoms. The van der Waals surface area contributed by atoms with E-state index in [9.17, 15) is 5.11 Å². The summed E-state index contributed by atoms with van der Waals surface area (Å²) in [6.45, 7) is 0. The van der Waals surface area contributed by atoms with Crippen LogP contribution in [0.15, 0.2) is 61.1 Å². The van der Waals surface area contributed by atoms with Crippen molar-refractivity contribution in [1.82, 2.24) is 9.97 Å². The van der Waals surface area contributed by atoms with Gasteiger partial charge in [-0.25, -0.2) is 0 Å². The fraction of sp³-hybridized carbons (Fsp3) is 0.0667. The van der Waals surface area contributed by atoms with Crippen molar-refractivity contribution in [2.24, 2.45) is 0 Å². The number of hydrogen-bond donors (Lipinski definition) is 1. The first-order chi connectivity index (χ1) is 8.84. The van der Waals surface area contributed by atoms with E-state index < -0.39 is 6.10 Å². The van der Waals surface area contributed by atoms with Crippen molar-refractivity contribution in [2.45, 2.75) is 6.10 Å². The lowest BCUT2D eigenvalue weighted by molar-refractivity contribution is 0.220. The number of nitrogens with zero attached hydrogens (tertiary/aromatic N) is 2. The predicted molar refractivity (Wildman–Crippen MR) is 70.0 cm³/mol. The quantitative estimate of drug-likeness (QED) is 0.744. The first-order valence-corrected chi connectivity index (χ1v) is 5.77. The second-order valence-corrected chi connectivity index (χ2v) is 4.14. The Labute approximate surface area is 105 Å². The molecule has 3 rings (SSSR count). The van der Waals surface area contributed by atoms with Crippen LogP contribution in [0.5, 0.6) is 0 Å². The molecule has 0 spiro atoms. The summed E-state index contributed by atoms with van der Waals surface area (Å²) in [5.74, 6) is 0. The van der Waals surface area contributed by atoms with Crippen LogP contribution in [0.25, 0.3) is 10.9 Å². The standard InChI is InChI=1S/C15H12N2O/c18-15(11-5-8-16-9-6-11)13-3-4-14-12(10-13)2-1-7-17-14/h1-10,15,18H. The summed E-state index contributed by atoms with van der Waals surface area (Å²) in [6, 6.07) is 13.3. The molecule has 88 valence electrons. The largest absolute Gasteiger partial charge is 0.384 e. The summed E-state index contributed by atoms with van der Waals surface area (Å²) in [7, 11) is 0. The molecule has 1 aromatic carbocycles. The molecule has 3 nitrogen and oxygen atoms in total. The van der Waals surface area contributed by atoms with Gasteiger partial charge in [0.1, 0.15) is 6.10 Å². The number of pyridine rings is 2. The van der Waals surface area contributed by atoms with E-state index in [-0.39, 0.29) is 0 Å². The third kappa shape index (κ3) is 1.96. The van der Waals surface area contributed by atoms with Crippen LogP contribution in [-0.4, -0.2) is 15.1 Å². The SMILES string of the molecule is OC(c1ccncc1)c1ccc2ncccc2c1. The molecule has 0 amide bonds. The lowest BCUT2D eigenvalue weighted by atomic mass is 10.0. The van der Waals surface area contributed by atoms with Gasteiger partial charge in [-0.2, -0.15) is 0 Å². The maximum atomic E-state index is 10.3. The van der Waals surface area contributed by atoms with Gasteiger partial charge in [0.25, 0.3) is 0 Å². The maximum Gasteiger partial charge on any atom is 0.104 e. The molecular formula is C15H12N2O. The zero-order chi connectivity index (χ0) is 12.4. The van der Waals surface area contributed by atoms with Crippen molar-refractivity contribution < 1.29 is 5.11 Å². The summed E-state index contributed by atoms with van der Waals surface area (Å²) in [4.78, 5) is 8.21. The van der Waals surface area contributed by atoms with Crippen LogP contribution in [0.4, 0.5) is 0 Å². The minimum Gasteiger partial charge on any atom is -0.384 e. The lowest BCUT2D eigenvalue weighted by Gasteiger charge is -2.11. The first-order valence-electron chi connectivity index (χ1n) is 5.77. The molecule has 1 atom stereocenters. The second kappa shape index (κ2) is 4.55. The Morgan fingerprint density at radius 2 is 1.72 bits per heavy atom. The Morgan fingerprint density at radius 3 is 2.56 bits per heavy atom. The van der Waals surface area contributed by atoms with Crippen molar-refractivity contribution in [3.05, 3.63) is 72.2 Å². The highest BCUT2D eigenvalue weighted by Gasteiger charge is 2.10. The first kappa shape index (κ1) is 10.9. The minimum absolute atomic E-state index is 0.627. The molecule has 0 bridgehead atoms. The molecule has 0 aliphatic heterocycles. The molecule has 3 aromatic rings. The Bertz CT molecular complexity index is 667. The second-order valence-electron chi connectivity index (χ2n) is 4.14. The van der Waals surface area contributed by atoms with Gasteiger partial charge in [0.05, 0.1) is 5.52 Å². The van der Waals surface area contributed by atoms with Crippen LogP contribution in [0, 0.1) is 0 Å². The fourth-order valence-corrected chi connectivity index (χ4v) is 2.00. The molecule has 1 unspecified atom stereocenters. The number of hydrogen-bond acceptors (Lipinski definition) is 3. The average molecular weight is 236 g/mol. The number of fused-ring (bicyclic) bond motifs is 1. The average Bonchev–Trinajstić information content (AvgIpc) is 2.47. The number of aliphatic hydroxyl groups excluding tert-OH is 1. The molecule has 1 N–H and O–H groups in total. The third-order valence-corrected chi connectivity index (χ3v) is 2.96. The molecule has 0 aliphatic rings. The van der Waals surface area contributed by atoms with Crippen LogP contribution >= 0.6 is 0 Å². The van der Waals surface area contributed by atoms with Gasteiger partial charge in [-0.1, -0.05) is 12.1 Å². The minimum atomic E-state index is -0.627. The predicted octanol–water partition coefficient (Wildman–Crippen LogP) is 2.71. The van der Waals surface area contributed by atoms with Crippen molar-refractivity contribution in [3.8, 4) is 0 Å². The number of aliphatic hydroxyl groups is 1. The molecule has 0 aliphatic carbocycles. The van der Waals surface area contributed by atoms with Crippen LogP contribution in [-0.2, 0) is 0 Å². The van der Waals surface area contributed by atoms with Gasteiger partial charge in [0, 0.05) is 24.0 Å². The van der Waals surface area contributed by atoms with Gasteiger partial charge < -0.3 is 5.11 Å². The molecule has 0 saturated heterocycles. The molecular weight excluding hydrogens is 224 g/mol. The monoisotopic (exact) mass is 236 g/mol. The van der Waals surface area contributed by atoms with Gasteiger partial charge in [-0.3, -0.25) is 9.97 Å². The van der Waals surface area contributed by atoms with E-state index in [1.54, 1.807) is 18.6 Å². The Kier molecular flexibility index (Phi) is 2.74. The van der Waals surface area contributed by atoms with Gasteiger partial charge in [0.2, 0.25) is 0 Å². The Balaban J connectivity index is 2.04. The fourth-order valence-electron chi connectivity index (χ4n) is 2.00. The maximum absolute atomic E-state index is 10.3. The van der Waals surface area contributed by atoms with Gasteiger partial charge in [-0.05, 0) is 41.5 Å². The Hall–Kier alpha value is -2.26. The highest BCUT2D eigenvalue weighted by atomic mass is 16.3. The van der Waals surface area contributed by atoms with Crippen LogP contribution < -0.4 is 0 Å². The van der Waals surface area contributed by atoms with E-state index in [1.807, 2.05) is 42.5 Å². The lowest BCUT2D eigenvalue weighted by Crippen LogP contribution is -1.99. The van der Waals surface area contributed by atoms with E-state index in [2.05, 4.69) is 9.97 Å². The van der Waals surface area contributed by atoms with Gasteiger partial charge in [-0.15, -0.1) is 0 Å². The summed E-state index contributed by atoms with van der Waals surface area (Å²) in [5, 5.41) is 11.3. The highest BCUT2D eigenvalue weighted by molar-refractivity contribution is 5.79. The van der Waals surface area contributed by atoms with E-state index in [0.29, 0.717) is 0 Å². The number of rotatable bonds is 2. The number of aromatic nitrogens is 2. The summed E-state index contributed by atoms with van der Waals surface area (Å²) < 4.78 is 0. The van der Waals surface area contributed by atoms with Gasteiger partial charge >= 0.3 is 0 Å². The topological polar surface area (TPSA) is 46.0 Å². The molecule has 2 heterocycles. The van der Waals surface area contributed by atoms with Crippen molar-refractivity contribution in [3.63, 3.8) is 0 Å². The van der Waals surface area contributed by atoms with E-state index in [4.69, 9.17) is 0 Å². The molecule has 18 heavy (non-hydrogen) atoms. The van der Waals surface area contributed by atoms with Crippen LogP contribution in [0.2, 0.25) is 0 Å². The van der Waals surface area contributed by atoms with E-state index in [0.717, 1.165) is 22.0 Å². The van der Waals surface area contributed by atoms with Gasteiger partial charge in [0.15, 0.2) is 0 Å². The summed E-state index contributed by atoms with van der Waals surface area (Å²) in [5.41, 5.74) is 2.64. The van der Waals surface area contributed by atoms with Crippen molar-refractivity contribution in [2.75, 3.05) is 0 Å². The van der Waals surface area contributed by atoms with Crippen molar-refractivity contribution >= 4 is 10.9 Å². The molecule has 0 radical (unpaired) electrons. The van der Waals surface area contributed by atoms with Crippen molar-refractivity contribution in [1.29, 1.82) is 0 Å². The molecule has 0 saturated carbocycles. The summed E-state index contributed by atoms with van der Waals surface area (Å²) >= 11 is 0. The smallest absolute Gasteiger partial charge is 0.104 e. The van der Waals surface area contributed by atoms with E-state index in [1.165, 1.54) is 0 Å². The van der Waals surface area contributed by atoms with Crippen LogP contribution in [0.1, 0.15) is 17.2 Å². The third-order valence-electron chi connectivity index (χ3n) is 2.96. The number of benzene rings is 1. The molecule has 0 fully saturated rings. The Morgan fingerprint density at radius 1 is 0.889 bits per heavy atom. The zero-order valence-electron chi connectivity index (χ0n) is 9.69. The van der Waals surface area contributed by atoms with E-state index >= 15 is 0 Å². The zero-order valence-corrected chi connectivity index (χ0v) is 9.69. The summed E-state index contributed by atoms with van der Waals surface area (Å²) in [6.07, 6.45) is 4.50. The highest BCUT2D eigenvalue weighted by Crippen LogP contribution is 2.24. The molecule has 2 aromatic heterocycles.